The summed E-state index contributed by atoms with van der Waals surface area (Å²) in [6.07, 6.45) is 8.31. The highest BCUT2D eigenvalue weighted by molar-refractivity contribution is 9.10. The molecule has 2 heteroatoms. The lowest BCUT2D eigenvalue weighted by Gasteiger charge is -2.19. The molecule has 0 spiro atoms. The van der Waals surface area contributed by atoms with Gasteiger partial charge in [0.2, 0.25) is 0 Å². The average molecular weight is 252 g/mol. The van der Waals surface area contributed by atoms with Crippen LogP contribution in [0.25, 0.3) is 0 Å². The molecule has 0 unspecified atom stereocenters. The third-order valence-electron chi connectivity index (χ3n) is 2.45. The van der Waals surface area contributed by atoms with Gasteiger partial charge in [0.05, 0.1) is 0 Å². The van der Waals surface area contributed by atoms with Gasteiger partial charge in [-0.15, -0.1) is 0 Å². The molecule has 0 amide bonds. The van der Waals surface area contributed by atoms with Gasteiger partial charge in [0.1, 0.15) is 0 Å². The summed E-state index contributed by atoms with van der Waals surface area (Å²) in [6.45, 7) is 0. The number of allylic oxidation sites excluding steroid dienone is 1. The van der Waals surface area contributed by atoms with Gasteiger partial charge in [-0.1, -0.05) is 28.1 Å². The van der Waals surface area contributed by atoms with Crippen molar-refractivity contribution in [2.75, 3.05) is 5.32 Å². The van der Waals surface area contributed by atoms with Crippen LogP contribution in [-0.4, -0.2) is 6.04 Å². The lowest BCUT2D eigenvalue weighted by atomic mass is 10.0. The van der Waals surface area contributed by atoms with Gasteiger partial charge < -0.3 is 5.32 Å². The van der Waals surface area contributed by atoms with Gasteiger partial charge in [0.15, 0.2) is 0 Å². The van der Waals surface area contributed by atoms with Crippen molar-refractivity contribution in [2.45, 2.75) is 25.3 Å². The van der Waals surface area contributed by atoms with Crippen LogP contribution in [0, 0.1) is 0 Å². The van der Waals surface area contributed by atoms with Crippen LogP contribution in [0.2, 0.25) is 0 Å². The molecule has 0 radical (unpaired) electrons. The van der Waals surface area contributed by atoms with Gasteiger partial charge in [-0.25, -0.2) is 0 Å². The van der Waals surface area contributed by atoms with Crippen LogP contribution in [0.1, 0.15) is 19.3 Å². The zero-order valence-corrected chi connectivity index (χ0v) is 9.63. The van der Waals surface area contributed by atoms with Gasteiger partial charge in [-0.2, -0.15) is 0 Å². The van der Waals surface area contributed by atoms with E-state index in [-0.39, 0.29) is 0 Å². The third kappa shape index (κ3) is 2.61. The van der Waals surface area contributed by atoms with Crippen LogP contribution in [0.3, 0.4) is 0 Å². The topological polar surface area (TPSA) is 12.0 Å². The zero-order chi connectivity index (χ0) is 9.80. The minimum Gasteiger partial charge on any atom is -0.379 e. The molecule has 2 rings (SSSR count). The van der Waals surface area contributed by atoms with Gasteiger partial charge in [0.25, 0.3) is 0 Å². The first-order valence-corrected chi connectivity index (χ1v) is 5.83. The summed E-state index contributed by atoms with van der Waals surface area (Å²) in [5.74, 6) is 0. The summed E-state index contributed by atoms with van der Waals surface area (Å²) in [6, 6.07) is 8.85. The second kappa shape index (κ2) is 4.65. The molecule has 1 aliphatic rings. The average Bonchev–Trinajstić information content (AvgIpc) is 2.23. The lowest BCUT2D eigenvalue weighted by Crippen LogP contribution is -2.18. The number of hydrogen-bond acceptors (Lipinski definition) is 1. The summed E-state index contributed by atoms with van der Waals surface area (Å²) >= 11 is 3.43. The SMILES string of the molecule is Brc1ccc(N[C@H]2C=CCCC2)cc1. The van der Waals surface area contributed by atoms with E-state index in [1.807, 2.05) is 0 Å². The fourth-order valence-corrected chi connectivity index (χ4v) is 1.96. The van der Waals surface area contributed by atoms with Crippen LogP contribution < -0.4 is 5.32 Å². The van der Waals surface area contributed by atoms with Crippen molar-refractivity contribution in [1.82, 2.24) is 0 Å². The minimum absolute atomic E-state index is 0.518. The molecule has 1 aromatic carbocycles. The van der Waals surface area contributed by atoms with E-state index < -0.39 is 0 Å². The summed E-state index contributed by atoms with van der Waals surface area (Å²) in [7, 11) is 0. The van der Waals surface area contributed by atoms with Crippen molar-refractivity contribution in [2.24, 2.45) is 0 Å². The van der Waals surface area contributed by atoms with Crippen molar-refractivity contribution in [3.63, 3.8) is 0 Å². The number of anilines is 1. The van der Waals surface area contributed by atoms with Crippen molar-refractivity contribution in [3.05, 3.63) is 40.9 Å². The highest BCUT2D eigenvalue weighted by atomic mass is 79.9. The maximum atomic E-state index is 3.50. The fourth-order valence-electron chi connectivity index (χ4n) is 1.69. The Morgan fingerprint density at radius 3 is 2.64 bits per heavy atom. The molecule has 1 N–H and O–H groups in total. The van der Waals surface area contributed by atoms with Crippen LogP contribution in [-0.2, 0) is 0 Å². The van der Waals surface area contributed by atoms with Crippen molar-refractivity contribution in [1.29, 1.82) is 0 Å². The van der Waals surface area contributed by atoms with E-state index in [4.69, 9.17) is 0 Å². The van der Waals surface area contributed by atoms with E-state index in [0.717, 1.165) is 4.47 Å². The second-order valence-corrected chi connectivity index (χ2v) is 4.53. The van der Waals surface area contributed by atoms with Gasteiger partial charge in [-0.05, 0) is 43.5 Å². The van der Waals surface area contributed by atoms with Crippen LogP contribution in [0.4, 0.5) is 5.69 Å². The molecule has 0 bridgehead atoms. The molecule has 1 aliphatic carbocycles. The Bertz CT molecular complexity index is 316. The third-order valence-corrected chi connectivity index (χ3v) is 2.98. The predicted octanol–water partition coefficient (Wildman–Crippen LogP) is 3.97. The summed E-state index contributed by atoms with van der Waals surface area (Å²) in [4.78, 5) is 0. The highest BCUT2D eigenvalue weighted by Crippen LogP contribution is 2.18. The number of nitrogens with one attached hydrogen (secondary N) is 1. The fraction of sp³-hybridized carbons (Fsp3) is 0.333. The molecule has 0 aromatic heterocycles. The number of hydrogen-bond donors (Lipinski definition) is 1. The Hall–Kier alpha value is -0.760. The second-order valence-electron chi connectivity index (χ2n) is 3.62. The van der Waals surface area contributed by atoms with Gasteiger partial charge >= 0.3 is 0 Å². The molecule has 0 saturated heterocycles. The quantitative estimate of drug-likeness (QED) is 0.785. The van der Waals surface area contributed by atoms with E-state index in [1.165, 1.54) is 24.9 Å². The monoisotopic (exact) mass is 251 g/mol. The molecule has 0 aliphatic heterocycles. The van der Waals surface area contributed by atoms with Gasteiger partial charge in [0, 0.05) is 16.2 Å². The molecular weight excluding hydrogens is 238 g/mol. The summed E-state index contributed by atoms with van der Waals surface area (Å²) in [5, 5.41) is 3.50. The van der Waals surface area contributed by atoms with E-state index in [9.17, 15) is 0 Å². The molecule has 1 nitrogen and oxygen atoms in total. The van der Waals surface area contributed by atoms with Gasteiger partial charge in [-0.3, -0.25) is 0 Å². The normalized spacial score (nSPS) is 20.8. The van der Waals surface area contributed by atoms with Crippen molar-refractivity contribution < 1.29 is 0 Å². The van der Waals surface area contributed by atoms with Crippen LogP contribution in [0.15, 0.2) is 40.9 Å². The first-order valence-electron chi connectivity index (χ1n) is 5.03. The maximum absolute atomic E-state index is 3.50. The van der Waals surface area contributed by atoms with Crippen LogP contribution >= 0.6 is 15.9 Å². The highest BCUT2D eigenvalue weighted by Gasteiger charge is 2.06. The van der Waals surface area contributed by atoms with E-state index in [1.54, 1.807) is 0 Å². The number of halogens is 1. The van der Waals surface area contributed by atoms with Crippen molar-refractivity contribution >= 4 is 21.6 Å². The Morgan fingerprint density at radius 2 is 2.00 bits per heavy atom. The predicted molar refractivity (Wildman–Crippen MR) is 64.5 cm³/mol. The standard InChI is InChI=1S/C12H14BrN/c13-10-6-8-12(9-7-10)14-11-4-2-1-3-5-11/h2,4,6-9,11,14H,1,3,5H2/t11-/m0/s1. The molecule has 74 valence electrons. The van der Waals surface area contributed by atoms with Crippen LogP contribution in [0.5, 0.6) is 0 Å². The zero-order valence-electron chi connectivity index (χ0n) is 8.04. The smallest absolute Gasteiger partial charge is 0.0444 e. The molecule has 14 heavy (non-hydrogen) atoms. The Labute approximate surface area is 93.3 Å². The lowest BCUT2D eigenvalue weighted by molar-refractivity contribution is 0.674. The largest absolute Gasteiger partial charge is 0.379 e. The van der Waals surface area contributed by atoms with E-state index in [0.29, 0.717) is 6.04 Å². The summed E-state index contributed by atoms with van der Waals surface area (Å²) in [5.41, 5.74) is 1.20. The Kier molecular flexibility index (Phi) is 3.25. The number of benzene rings is 1. The first-order chi connectivity index (χ1) is 6.84. The molecular formula is C12H14BrN. The van der Waals surface area contributed by atoms with Crippen molar-refractivity contribution in [3.8, 4) is 0 Å². The van der Waals surface area contributed by atoms with E-state index >= 15 is 0 Å². The molecule has 1 atom stereocenters. The first kappa shape index (κ1) is 9.78. The molecule has 0 fully saturated rings. The minimum atomic E-state index is 0.518. The molecule has 0 heterocycles. The van der Waals surface area contributed by atoms with E-state index in [2.05, 4.69) is 57.7 Å². The Balaban J connectivity index is 1.99. The summed E-state index contributed by atoms with van der Waals surface area (Å²) < 4.78 is 1.13. The molecule has 1 aromatic rings. The molecule has 0 saturated carbocycles. The maximum Gasteiger partial charge on any atom is 0.0444 e. The number of rotatable bonds is 2. The Morgan fingerprint density at radius 1 is 1.21 bits per heavy atom.